The van der Waals surface area contributed by atoms with Gasteiger partial charge in [-0.15, -0.1) is 0 Å². The average molecular weight is 345 g/mol. The van der Waals surface area contributed by atoms with Crippen LogP contribution in [0.2, 0.25) is 0 Å². The molecule has 1 amide bonds. The Kier molecular flexibility index (Phi) is 3.55. The molecule has 1 fully saturated rings. The highest BCUT2D eigenvalue weighted by Crippen LogP contribution is 2.29. The maximum Gasteiger partial charge on any atom is 0.243 e. The first kappa shape index (κ1) is 15.3. The number of hydrogen-bond acceptors (Lipinski definition) is 5. The SMILES string of the molecule is O=C(NC1CC1)[C@@H]1Cc2ccccc2CN1c1ccc2nccnc2n1. The predicted molar refractivity (Wildman–Crippen MR) is 98.6 cm³/mol. The number of benzene rings is 1. The summed E-state index contributed by atoms with van der Waals surface area (Å²) in [6.45, 7) is 0.664. The van der Waals surface area contributed by atoms with Crippen LogP contribution < -0.4 is 10.2 Å². The molecule has 2 aromatic heterocycles. The smallest absolute Gasteiger partial charge is 0.243 e. The standard InChI is InChI=1S/C20H19N5O/c26-20(23-15-5-6-15)17-11-13-3-1-2-4-14(13)12-25(17)18-8-7-16-19(24-18)22-10-9-21-16/h1-4,7-10,15,17H,5-6,11-12H2,(H,23,26)/t17-/m0/s1. The summed E-state index contributed by atoms with van der Waals surface area (Å²) in [6.07, 6.45) is 6.15. The van der Waals surface area contributed by atoms with E-state index < -0.39 is 0 Å². The number of fused-ring (bicyclic) bond motifs is 2. The molecule has 3 aromatic rings. The van der Waals surface area contributed by atoms with Crippen molar-refractivity contribution in [3.8, 4) is 0 Å². The van der Waals surface area contributed by atoms with Crippen LogP contribution in [0.25, 0.3) is 11.2 Å². The molecule has 0 unspecified atom stereocenters. The molecule has 6 nitrogen and oxygen atoms in total. The summed E-state index contributed by atoms with van der Waals surface area (Å²) < 4.78 is 0. The number of carbonyl (C=O) groups is 1. The molecule has 3 heterocycles. The van der Waals surface area contributed by atoms with E-state index in [1.54, 1.807) is 12.4 Å². The summed E-state index contributed by atoms with van der Waals surface area (Å²) in [5.41, 5.74) is 3.84. The molecule has 0 radical (unpaired) electrons. The molecule has 1 atom stereocenters. The van der Waals surface area contributed by atoms with E-state index in [0.29, 0.717) is 24.7 Å². The van der Waals surface area contributed by atoms with E-state index >= 15 is 0 Å². The van der Waals surface area contributed by atoms with Gasteiger partial charge in [-0.25, -0.2) is 9.97 Å². The predicted octanol–water partition coefficient (Wildman–Crippen LogP) is 2.23. The van der Waals surface area contributed by atoms with Gasteiger partial charge in [0.25, 0.3) is 0 Å². The van der Waals surface area contributed by atoms with Crippen LogP contribution >= 0.6 is 0 Å². The van der Waals surface area contributed by atoms with Gasteiger partial charge in [0.15, 0.2) is 5.65 Å². The van der Waals surface area contributed by atoms with Crippen molar-refractivity contribution < 1.29 is 4.79 Å². The van der Waals surface area contributed by atoms with E-state index in [1.807, 2.05) is 24.3 Å². The topological polar surface area (TPSA) is 71.0 Å². The Morgan fingerprint density at radius 3 is 2.69 bits per heavy atom. The van der Waals surface area contributed by atoms with Crippen LogP contribution in [0.4, 0.5) is 5.82 Å². The molecule has 130 valence electrons. The summed E-state index contributed by atoms with van der Waals surface area (Å²) >= 11 is 0. The van der Waals surface area contributed by atoms with Crippen LogP contribution in [0.1, 0.15) is 24.0 Å². The molecular weight excluding hydrogens is 326 g/mol. The average Bonchev–Trinajstić information content (AvgIpc) is 3.50. The molecule has 2 aliphatic rings. The van der Waals surface area contributed by atoms with Gasteiger partial charge in [0, 0.05) is 31.4 Å². The van der Waals surface area contributed by atoms with Crippen molar-refractivity contribution in [2.24, 2.45) is 0 Å². The van der Waals surface area contributed by atoms with Gasteiger partial charge in [0.2, 0.25) is 5.91 Å². The zero-order valence-corrected chi connectivity index (χ0v) is 14.3. The van der Waals surface area contributed by atoms with Crippen LogP contribution in [0, 0.1) is 0 Å². The molecule has 0 spiro atoms. The summed E-state index contributed by atoms with van der Waals surface area (Å²) in [4.78, 5) is 28.3. The monoisotopic (exact) mass is 345 g/mol. The fraction of sp³-hybridized carbons (Fsp3) is 0.300. The number of nitrogens with zero attached hydrogens (tertiary/aromatic N) is 4. The second-order valence-corrected chi connectivity index (χ2v) is 6.97. The number of rotatable bonds is 3. The third-order valence-electron chi connectivity index (χ3n) is 5.09. The van der Waals surface area contributed by atoms with E-state index in [1.165, 1.54) is 11.1 Å². The van der Waals surface area contributed by atoms with E-state index in [4.69, 9.17) is 0 Å². The fourth-order valence-corrected chi connectivity index (χ4v) is 3.53. The van der Waals surface area contributed by atoms with Gasteiger partial charge in [0.05, 0.1) is 0 Å². The number of amides is 1. The molecule has 0 saturated heterocycles. The molecule has 1 N–H and O–H groups in total. The van der Waals surface area contributed by atoms with Gasteiger partial charge >= 0.3 is 0 Å². The number of aromatic nitrogens is 3. The first-order valence-electron chi connectivity index (χ1n) is 8.99. The molecule has 26 heavy (non-hydrogen) atoms. The van der Waals surface area contributed by atoms with Gasteiger partial charge in [-0.3, -0.25) is 9.78 Å². The van der Waals surface area contributed by atoms with E-state index in [0.717, 1.165) is 24.2 Å². The molecule has 5 rings (SSSR count). The van der Waals surface area contributed by atoms with Crippen molar-refractivity contribution >= 4 is 22.9 Å². The van der Waals surface area contributed by atoms with Gasteiger partial charge in [-0.05, 0) is 36.1 Å². The number of pyridine rings is 1. The summed E-state index contributed by atoms with van der Waals surface area (Å²) in [6, 6.07) is 12.3. The molecule has 1 aliphatic carbocycles. The summed E-state index contributed by atoms with van der Waals surface area (Å²) in [5, 5.41) is 3.15. The van der Waals surface area contributed by atoms with Crippen molar-refractivity contribution in [2.45, 2.75) is 37.9 Å². The summed E-state index contributed by atoms with van der Waals surface area (Å²) in [7, 11) is 0. The Bertz CT molecular complexity index is 985. The van der Waals surface area contributed by atoms with Gasteiger partial charge in [-0.1, -0.05) is 24.3 Å². The minimum atomic E-state index is -0.257. The quantitative estimate of drug-likeness (QED) is 0.788. The largest absolute Gasteiger partial charge is 0.352 e. The van der Waals surface area contributed by atoms with Crippen molar-refractivity contribution in [3.63, 3.8) is 0 Å². The normalized spacial score (nSPS) is 19.2. The first-order chi connectivity index (χ1) is 12.8. The zero-order chi connectivity index (χ0) is 17.5. The van der Waals surface area contributed by atoms with Crippen molar-refractivity contribution in [2.75, 3.05) is 4.90 Å². The van der Waals surface area contributed by atoms with Gasteiger partial charge < -0.3 is 10.2 Å². The van der Waals surface area contributed by atoms with Gasteiger partial charge in [-0.2, -0.15) is 0 Å². The zero-order valence-electron chi connectivity index (χ0n) is 14.3. The third-order valence-corrected chi connectivity index (χ3v) is 5.09. The second-order valence-electron chi connectivity index (χ2n) is 6.97. The lowest BCUT2D eigenvalue weighted by molar-refractivity contribution is -0.122. The molecule has 1 aromatic carbocycles. The van der Waals surface area contributed by atoms with Crippen LogP contribution in [0.3, 0.4) is 0 Å². The first-order valence-corrected chi connectivity index (χ1v) is 8.99. The molecular formula is C20H19N5O. The Labute approximate surface area is 151 Å². The van der Waals surface area contributed by atoms with Crippen LogP contribution in [0.15, 0.2) is 48.8 Å². The number of hydrogen-bond donors (Lipinski definition) is 1. The minimum absolute atomic E-state index is 0.0862. The fourth-order valence-electron chi connectivity index (χ4n) is 3.53. The van der Waals surface area contributed by atoms with Gasteiger partial charge in [0.1, 0.15) is 17.4 Å². The van der Waals surface area contributed by atoms with Crippen LogP contribution in [-0.4, -0.2) is 32.9 Å². The van der Waals surface area contributed by atoms with E-state index in [-0.39, 0.29) is 11.9 Å². The Morgan fingerprint density at radius 2 is 1.85 bits per heavy atom. The van der Waals surface area contributed by atoms with Crippen molar-refractivity contribution in [3.05, 3.63) is 59.9 Å². The lowest BCUT2D eigenvalue weighted by Gasteiger charge is -2.37. The maximum absolute atomic E-state index is 12.9. The third kappa shape index (κ3) is 2.77. The van der Waals surface area contributed by atoms with E-state index in [2.05, 4.69) is 37.3 Å². The highest BCUT2D eigenvalue weighted by atomic mass is 16.2. The van der Waals surface area contributed by atoms with Crippen LogP contribution in [-0.2, 0) is 17.8 Å². The summed E-state index contributed by atoms with van der Waals surface area (Å²) in [5.74, 6) is 0.853. The molecule has 0 bridgehead atoms. The lowest BCUT2D eigenvalue weighted by Crippen LogP contribution is -2.51. The Balaban J connectivity index is 1.54. The van der Waals surface area contributed by atoms with E-state index in [9.17, 15) is 4.79 Å². The molecule has 1 saturated carbocycles. The number of anilines is 1. The maximum atomic E-state index is 12.9. The number of carbonyl (C=O) groups excluding carboxylic acids is 1. The van der Waals surface area contributed by atoms with Crippen molar-refractivity contribution in [1.29, 1.82) is 0 Å². The Hall–Kier alpha value is -3.02. The molecule has 1 aliphatic heterocycles. The lowest BCUT2D eigenvalue weighted by atomic mass is 9.93. The van der Waals surface area contributed by atoms with Crippen molar-refractivity contribution in [1.82, 2.24) is 20.3 Å². The highest BCUT2D eigenvalue weighted by molar-refractivity contribution is 5.87. The molecule has 6 heteroatoms. The Morgan fingerprint density at radius 1 is 1.04 bits per heavy atom. The highest BCUT2D eigenvalue weighted by Gasteiger charge is 2.35. The minimum Gasteiger partial charge on any atom is -0.352 e. The number of nitrogens with one attached hydrogen (secondary N) is 1. The van der Waals surface area contributed by atoms with Crippen LogP contribution in [0.5, 0.6) is 0 Å². The second kappa shape index (κ2) is 6.05.